The summed E-state index contributed by atoms with van der Waals surface area (Å²) < 4.78 is 0. The van der Waals surface area contributed by atoms with Crippen molar-refractivity contribution in [3.05, 3.63) is 30.1 Å². The SMILES string of the molecule is CCC(CC)C(O)Cc1ccncc1. The van der Waals surface area contributed by atoms with Crippen LogP contribution in [0.25, 0.3) is 0 Å². The molecule has 0 bridgehead atoms. The normalized spacial score (nSPS) is 13.1. The van der Waals surface area contributed by atoms with Crippen LogP contribution in [-0.4, -0.2) is 16.2 Å². The lowest BCUT2D eigenvalue weighted by Gasteiger charge is -2.19. The number of hydrogen-bond donors (Lipinski definition) is 1. The number of rotatable bonds is 5. The van der Waals surface area contributed by atoms with E-state index in [9.17, 15) is 5.11 Å². The van der Waals surface area contributed by atoms with E-state index in [0.717, 1.165) is 19.3 Å². The molecule has 0 aliphatic heterocycles. The quantitative estimate of drug-likeness (QED) is 0.779. The monoisotopic (exact) mass is 193 g/mol. The van der Waals surface area contributed by atoms with Crippen LogP contribution in [0, 0.1) is 5.92 Å². The van der Waals surface area contributed by atoms with Gasteiger partial charge in [0, 0.05) is 12.4 Å². The van der Waals surface area contributed by atoms with Crippen LogP contribution in [0.4, 0.5) is 0 Å². The van der Waals surface area contributed by atoms with Crippen molar-refractivity contribution >= 4 is 0 Å². The van der Waals surface area contributed by atoms with E-state index >= 15 is 0 Å². The van der Waals surface area contributed by atoms with Gasteiger partial charge >= 0.3 is 0 Å². The van der Waals surface area contributed by atoms with Crippen LogP contribution in [0.5, 0.6) is 0 Å². The first-order chi connectivity index (χ1) is 6.77. The Labute approximate surface area is 86.0 Å². The Morgan fingerprint density at radius 3 is 2.29 bits per heavy atom. The highest BCUT2D eigenvalue weighted by atomic mass is 16.3. The molecule has 1 N–H and O–H groups in total. The summed E-state index contributed by atoms with van der Waals surface area (Å²) in [5.41, 5.74) is 1.17. The molecule has 0 saturated carbocycles. The third kappa shape index (κ3) is 3.11. The Morgan fingerprint density at radius 1 is 1.21 bits per heavy atom. The molecule has 1 atom stereocenters. The maximum atomic E-state index is 9.94. The Kier molecular flexibility index (Phi) is 4.60. The van der Waals surface area contributed by atoms with Crippen LogP contribution < -0.4 is 0 Å². The van der Waals surface area contributed by atoms with E-state index in [-0.39, 0.29) is 6.10 Å². The minimum atomic E-state index is -0.215. The molecule has 0 aliphatic rings. The van der Waals surface area contributed by atoms with Crippen LogP contribution in [0.15, 0.2) is 24.5 Å². The summed E-state index contributed by atoms with van der Waals surface area (Å²) in [5, 5.41) is 9.94. The molecular weight excluding hydrogens is 174 g/mol. The number of aromatic nitrogens is 1. The number of nitrogens with zero attached hydrogens (tertiary/aromatic N) is 1. The van der Waals surface area contributed by atoms with Gasteiger partial charge in [0.15, 0.2) is 0 Å². The second kappa shape index (κ2) is 5.76. The number of aliphatic hydroxyl groups is 1. The zero-order chi connectivity index (χ0) is 10.4. The molecule has 14 heavy (non-hydrogen) atoms. The van der Waals surface area contributed by atoms with Crippen LogP contribution in [0.3, 0.4) is 0 Å². The van der Waals surface area contributed by atoms with Gasteiger partial charge < -0.3 is 5.11 Å². The number of hydrogen-bond acceptors (Lipinski definition) is 2. The highest BCUT2D eigenvalue weighted by molar-refractivity contribution is 5.10. The van der Waals surface area contributed by atoms with Gasteiger partial charge in [0.1, 0.15) is 0 Å². The van der Waals surface area contributed by atoms with E-state index in [1.54, 1.807) is 12.4 Å². The molecule has 1 heterocycles. The van der Waals surface area contributed by atoms with Gasteiger partial charge in [0.25, 0.3) is 0 Å². The molecule has 2 nitrogen and oxygen atoms in total. The fraction of sp³-hybridized carbons (Fsp3) is 0.583. The Hall–Kier alpha value is -0.890. The molecule has 0 aliphatic carbocycles. The van der Waals surface area contributed by atoms with Crippen molar-refractivity contribution in [3.8, 4) is 0 Å². The van der Waals surface area contributed by atoms with Gasteiger partial charge in [0.05, 0.1) is 6.10 Å². The molecule has 0 saturated heterocycles. The van der Waals surface area contributed by atoms with Crippen LogP contribution in [-0.2, 0) is 6.42 Å². The number of aliphatic hydroxyl groups excluding tert-OH is 1. The smallest absolute Gasteiger partial charge is 0.0608 e. The van der Waals surface area contributed by atoms with Crippen LogP contribution >= 0.6 is 0 Å². The van der Waals surface area contributed by atoms with Gasteiger partial charge in [-0.15, -0.1) is 0 Å². The minimum Gasteiger partial charge on any atom is -0.392 e. The molecule has 1 unspecified atom stereocenters. The zero-order valence-electron chi connectivity index (χ0n) is 8.98. The summed E-state index contributed by atoms with van der Waals surface area (Å²) in [6, 6.07) is 3.93. The summed E-state index contributed by atoms with van der Waals surface area (Å²) in [5.74, 6) is 0.420. The Balaban J connectivity index is 2.52. The Bertz CT molecular complexity index is 244. The summed E-state index contributed by atoms with van der Waals surface area (Å²) in [7, 11) is 0. The van der Waals surface area contributed by atoms with E-state index < -0.39 is 0 Å². The van der Waals surface area contributed by atoms with Crippen molar-refractivity contribution in [1.82, 2.24) is 4.98 Å². The molecule has 0 spiro atoms. The van der Waals surface area contributed by atoms with Crippen molar-refractivity contribution in [3.63, 3.8) is 0 Å². The molecule has 0 amide bonds. The minimum absolute atomic E-state index is 0.215. The predicted molar refractivity (Wildman–Crippen MR) is 58.0 cm³/mol. The van der Waals surface area contributed by atoms with Gasteiger partial charge in [-0.25, -0.2) is 0 Å². The maximum absolute atomic E-state index is 9.94. The summed E-state index contributed by atoms with van der Waals surface area (Å²) in [6.45, 7) is 4.26. The molecular formula is C12H19NO. The zero-order valence-corrected chi connectivity index (χ0v) is 8.98. The van der Waals surface area contributed by atoms with E-state index in [4.69, 9.17) is 0 Å². The molecule has 1 rings (SSSR count). The van der Waals surface area contributed by atoms with Gasteiger partial charge in [-0.05, 0) is 30.0 Å². The predicted octanol–water partition coefficient (Wildman–Crippen LogP) is 2.42. The molecule has 0 fully saturated rings. The van der Waals surface area contributed by atoms with E-state index in [1.807, 2.05) is 12.1 Å². The van der Waals surface area contributed by atoms with Crippen molar-refractivity contribution < 1.29 is 5.11 Å². The second-order valence-corrected chi connectivity index (χ2v) is 3.70. The van der Waals surface area contributed by atoms with Crippen molar-refractivity contribution in [2.45, 2.75) is 39.2 Å². The topological polar surface area (TPSA) is 33.1 Å². The molecule has 0 radical (unpaired) electrons. The fourth-order valence-electron chi connectivity index (χ4n) is 1.76. The van der Waals surface area contributed by atoms with Gasteiger partial charge in [-0.2, -0.15) is 0 Å². The molecule has 2 heteroatoms. The highest BCUT2D eigenvalue weighted by Crippen LogP contribution is 2.16. The summed E-state index contributed by atoms with van der Waals surface area (Å²) in [4.78, 5) is 3.96. The van der Waals surface area contributed by atoms with Crippen LogP contribution in [0.2, 0.25) is 0 Å². The Morgan fingerprint density at radius 2 is 1.79 bits per heavy atom. The van der Waals surface area contributed by atoms with Crippen LogP contribution in [0.1, 0.15) is 32.3 Å². The maximum Gasteiger partial charge on any atom is 0.0608 e. The van der Waals surface area contributed by atoms with Crippen molar-refractivity contribution in [1.29, 1.82) is 0 Å². The number of pyridine rings is 1. The molecule has 1 aromatic rings. The first-order valence-corrected chi connectivity index (χ1v) is 5.34. The third-order valence-corrected chi connectivity index (χ3v) is 2.79. The first-order valence-electron chi connectivity index (χ1n) is 5.34. The summed E-state index contributed by atoms with van der Waals surface area (Å²) in [6.07, 6.45) is 6.16. The average molecular weight is 193 g/mol. The van der Waals surface area contributed by atoms with Crippen molar-refractivity contribution in [2.75, 3.05) is 0 Å². The molecule has 78 valence electrons. The average Bonchev–Trinajstić information content (AvgIpc) is 2.21. The highest BCUT2D eigenvalue weighted by Gasteiger charge is 2.15. The van der Waals surface area contributed by atoms with Crippen molar-refractivity contribution in [2.24, 2.45) is 5.92 Å². The van der Waals surface area contributed by atoms with Gasteiger partial charge in [0.2, 0.25) is 0 Å². The largest absolute Gasteiger partial charge is 0.392 e. The fourth-order valence-corrected chi connectivity index (χ4v) is 1.76. The van der Waals surface area contributed by atoms with Gasteiger partial charge in [-0.1, -0.05) is 26.7 Å². The van der Waals surface area contributed by atoms with E-state index in [2.05, 4.69) is 18.8 Å². The third-order valence-electron chi connectivity index (χ3n) is 2.79. The van der Waals surface area contributed by atoms with E-state index in [1.165, 1.54) is 5.56 Å². The lowest BCUT2D eigenvalue weighted by atomic mass is 9.92. The lowest BCUT2D eigenvalue weighted by Crippen LogP contribution is -2.21. The second-order valence-electron chi connectivity index (χ2n) is 3.70. The van der Waals surface area contributed by atoms with E-state index in [0.29, 0.717) is 5.92 Å². The molecule has 0 aromatic carbocycles. The molecule has 1 aromatic heterocycles. The first kappa shape index (κ1) is 11.2. The standard InChI is InChI=1S/C12H19NO/c1-3-11(4-2)12(14)9-10-5-7-13-8-6-10/h5-8,11-12,14H,3-4,9H2,1-2H3. The lowest BCUT2D eigenvalue weighted by molar-refractivity contribution is 0.103. The van der Waals surface area contributed by atoms with Gasteiger partial charge in [-0.3, -0.25) is 4.98 Å². The summed E-state index contributed by atoms with van der Waals surface area (Å²) >= 11 is 0.